The van der Waals surface area contributed by atoms with Gasteiger partial charge >= 0.3 is 11.9 Å². The van der Waals surface area contributed by atoms with Crippen LogP contribution in [0.1, 0.15) is 266 Å². The Bertz CT molecular complexity index is 783. The van der Waals surface area contributed by atoms with E-state index < -0.39 is 0 Å². The lowest BCUT2D eigenvalue weighted by atomic mass is 9.90. The van der Waals surface area contributed by atoms with Gasteiger partial charge in [0.2, 0.25) is 0 Å². The molecule has 0 rings (SSSR count). The fraction of sp³-hybridized carbons (Fsp3) is 0.960. The number of esters is 2. The van der Waals surface area contributed by atoms with Crippen molar-refractivity contribution in [2.24, 2.45) is 11.8 Å². The minimum Gasteiger partial charge on any atom is -0.466 e. The molecule has 0 aliphatic carbocycles. The molecule has 0 saturated heterocycles. The lowest BCUT2D eigenvalue weighted by molar-refractivity contribution is -0.150. The summed E-state index contributed by atoms with van der Waals surface area (Å²) in [7, 11) is 0. The molecule has 5 heteroatoms. The molecule has 0 aliphatic heterocycles. The molecule has 55 heavy (non-hydrogen) atoms. The second-order valence-electron chi connectivity index (χ2n) is 17.3. The third kappa shape index (κ3) is 37.0. The first-order valence-corrected chi connectivity index (χ1v) is 25.0. The number of carbonyl (C=O) groups excluding carboxylic acids is 2. The molecule has 0 N–H and O–H groups in total. The molecular formula is C50H99NO4. The third-order valence-corrected chi connectivity index (χ3v) is 12.2. The summed E-state index contributed by atoms with van der Waals surface area (Å²) < 4.78 is 11.7. The summed E-state index contributed by atoms with van der Waals surface area (Å²) in [5, 5.41) is 0. The van der Waals surface area contributed by atoms with E-state index in [0.717, 1.165) is 76.9 Å². The van der Waals surface area contributed by atoms with Crippen molar-refractivity contribution in [2.45, 2.75) is 272 Å². The van der Waals surface area contributed by atoms with E-state index in [4.69, 9.17) is 9.47 Å². The number of ether oxygens (including phenoxy) is 2. The number of hydrogen-bond acceptors (Lipinski definition) is 5. The van der Waals surface area contributed by atoms with Crippen LogP contribution in [-0.4, -0.2) is 49.2 Å². The normalized spacial score (nSPS) is 12.3. The van der Waals surface area contributed by atoms with E-state index in [1.165, 1.54) is 161 Å². The second kappa shape index (κ2) is 42.5. The van der Waals surface area contributed by atoms with E-state index in [9.17, 15) is 9.59 Å². The third-order valence-electron chi connectivity index (χ3n) is 12.2. The van der Waals surface area contributed by atoms with Crippen LogP contribution in [0.4, 0.5) is 0 Å². The van der Waals surface area contributed by atoms with E-state index in [1.54, 1.807) is 0 Å². The molecule has 0 saturated carbocycles. The van der Waals surface area contributed by atoms with Gasteiger partial charge in [-0.15, -0.1) is 0 Å². The zero-order chi connectivity index (χ0) is 40.5. The number of carbonyl (C=O) groups is 2. The Morgan fingerprint density at radius 2 is 0.800 bits per heavy atom. The first kappa shape index (κ1) is 53.9. The largest absolute Gasteiger partial charge is 0.466 e. The Labute approximate surface area is 345 Å². The summed E-state index contributed by atoms with van der Waals surface area (Å²) in [5.41, 5.74) is 0. The van der Waals surface area contributed by atoms with Gasteiger partial charge in [-0.05, 0) is 82.8 Å². The van der Waals surface area contributed by atoms with Crippen LogP contribution in [0, 0.1) is 11.8 Å². The summed E-state index contributed by atoms with van der Waals surface area (Å²) in [4.78, 5) is 27.6. The van der Waals surface area contributed by atoms with Crippen molar-refractivity contribution in [1.82, 2.24) is 4.90 Å². The van der Waals surface area contributed by atoms with Crippen molar-refractivity contribution >= 4 is 11.9 Å². The van der Waals surface area contributed by atoms with Crippen molar-refractivity contribution in [3.8, 4) is 0 Å². The number of nitrogens with zero attached hydrogens (tertiary/aromatic N) is 1. The van der Waals surface area contributed by atoms with E-state index in [1.807, 2.05) is 0 Å². The average Bonchev–Trinajstić information content (AvgIpc) is 3.19. The fourth-order valence-corrected chi connectivity index (χ4v) is 8.30. The maximum atomic E-state index is 12.8. The highest BCUT2D eigenvalue weighted by Gasteiger charge is 2.16. The number of rotatable bonds is 44. The molecule has 0 aromatic carbocycles. The quantitative estimate of drug-likeness (QED) is 0.0455. The maximum Gasteiger partial charge on any atom is 0.306 e. The average molecular weight is 778 g/mol. The summed E-state index contributed by atoms with van der Waals surface area (Å²) in [6, 6.07) is 0. The highest BCUT2D eigenvalue weighted by Crippen LogP contribution is 2.24. The number of unbranched alkanes of at least 4 members (excludes halogenated alkanes) is 19. The van der Waals surface area contributed by atoms with Crippen molar-refractivity contribution < 1.29 is 19.1 Å². The minimum atomic E-state index is 0.0117. The van der Waals surface area contributed by atoms with E-state index in [-0.39, 0.29) is 18.0 Å². The molecule has 0 aliphatic rings. The van der Waals surface area contributed by atoms with E-state index in [0.29, 0.717) is 25.4 Å². The van der Waals surface area contributed by atoms with E-state index >= 15 is 0 Å². The maximum absolute atomic E-state index is 12.8. The molecule has 0 heterocycles. The molecule has 0 aromatic rings. The van der Waals surface area contributed by atoms with Crippen LogP contribution < -0.4 is 0 Å². The van der Waals surface area contributed by atoms with Gasteiger partial charge in [-0.2, -0.15) is 0 Å². The van der Waals surface area contributed by atoms with Crippen LogP contribution in [0.25, 0.3) is 0 Å². The van der Waals surface area contributed by atoms with Crippen LogP contribution in [0.3, 0.4) is 0 Å². The van der Waals surface area contributed by atoms with Crippen LogP contribution >= 0.6 is 0 Å². The molecule has 0 fully saturated rings. The van der Waals surface area contributed by atoms with Gasteiger partial charge in [-0.3, -0.25) is 9.59 Å². The lowest BCUT2D eigenvalue weighted by Gasteiger charge is -2.20. The van der Waals surface area contributed by atoms with E-state index in [2.05, 4.69) is 46.4 Å². The highest BCUT2D eigenvalue weighted by atomic mass is 16.5. The molecule has 1 atom stereocenters. The predicted octanol–water partition coefficient (Wildman–Crippen LogP) is 15.7. The standard InChI is InChI=1S/C50H99NO4/c1-7-13-35-46(36-14-8-2)39-30-26-22-18-17-19-23-27-31-40-48(55-49(52)42-34-43-51(11-5)12-6)41-32-28-24-20-21-25-29-33-44-54-50(53)45-47(37-15-9-3)38-16-10-4/h46-48H,7-45H2,1-6H3. The molecule has 0 aromatic heterocycles. The number of hydrogen-bond donors (Lipinski definition) is 0. The van der Waals surface area contributed by atoms with Gasteiger partial charge in [-0.25, -0.2) is 0 Å². The topological polar surface area (TPSA) is 55.8 Å². The first-order valence-electron chi connectivity index (χ1n) is 25.0. The molecular weight excluding hydrogens is 679 g/mol. The van der Waals surface area contributed by atoms with Crippen LogP contribution in [0.15, 0.2) is 0 Å². The molecule has 0 amide bonds. The summed E-state index contributed by atoms with van der Waals surface area (Å²) in [6.07, 6.45) is 42.9. The summed E-state index contributed by atoms with van der Waals surface area (Å²) in [6.45, 7) is 17.1. The molecule has 0 bridgehead atoms. The Kier molecular flexibility index (Phi) is 41.7. The highest BCUT2D eigenvalue weighted by molar-refractivity contribution is 5.69. The van der Waals surface area contributed by atoms with Crippen molar-refractivity contribution in [3.05, 3.63) is 0 Å². The molecule has 328 valence electrons. The van der Waals surface area contributed by atoms with Crippen LogP contribution in [-0.2, 0) is 19.1 Å². The lowest BCUT2D eigenvalue weighted by Crippen LogP contribution is -2.25. The smallest absolute Gasteiger partial charge is 0.306 e. The van der Waals surface area contributed by atoms with Gasteiger partial charge in [0.15, 0.2) is 0 Å². The zero-order valence-corrected chi connectivity index (χ0v) is 38.4. The SMILES string of the molecule is CCCCC(CCCC)CCCCCCCCCCCC(CCCCCCCCCCOC(=O)CC(CCCC)CCCC)OC(=O)CCCN(CC)CC. The Balaban J connectivity index is 4.24. The van der Waals surface area contributed by atoms with Crippen molar-refractivity contribution in [2.75, 3.05) is 26.2 Å². The molecule has 0 spiro atoms. The Morgan fingerprint density at radius 3 is 1.24 bits per heavy atom. The molecule has 1 unspecified atom stereocenters. The molecule has 0 radical (unpaired) electrons. The summed E-state index contributed by atoms with van der Waals surface area (Å²) >= 11 is 0. The predicted molar refractivity (Wildman–Crippen MR) is 240 cm³/mol. The molecule has 5 nitrogen and oxygen atoms in total. The van der Waals surface area contributed by atoms with Gasteiger partial charge in [0.05, 0.1) is 6.61 Å². The van der Waals surface area contributed by atoms with Crippen molar-refractivity contribution in [3.63, 3.8) is 0 Å². The van der Waals surface area contributed by atoms with Gasteiger partial charge in [0.25, 0.3) is 0 Å². The monoisotopic (exact) mass is 778 g/mol. The van der Waals surface area contributed by atoms with Crippen molar-refractivity contribution in [1.29, 1.82) is 0 Å². The van der Waals surface area contributed by atoms with Crippen LogP contribution in [0.2, 0.25) is 0 Å². The Hall–Kier alpha value is -1.10. The fourth-order valence-electron chi connectivity index (χ4n) is 8.30. The minimum absolute atomic E-state index is 0.0117. The Morgan fingerprint density at radius 1 is 0.418 bits per heavy atom. The first-order chi connectivity index (χ1) is 26.9. The van der Waals surface area contributed by atoms with Gasteiger partial charge in [0.1, 0.15) is 6.10 Å². The van der Waals surface area contributed by atoms with Crippen LogP contribution in [0.5, 0.6) is 0 Å². The second-order valence-corrected chi connectivity index (χ2v) is 17.3. The van der Waals surface area contributed by atoms with Gasteiger partial charge in [0, 0.05) is 12.8 Å². The van der Waals surface area contributed by atoms with Gasteiger partial charge < -0.3 is 14.4 Å². The van der Waals surface area contributed by atoms with Gasteiger partial charge in [-0.1, -0.05) is 202 Å². The zero-order valence-electron chi connectivity index (χ0n) is 38.4. The summed E-state index contributed by atoms with van der Waals surface area (Å²) in [5.74, 6) is 1.51.